The maximum Gasteiger partial charge on any atom is 0.368 e. The fraction of sp³-hybridized carbons (Fsp3) is 0.200. The van der Waals surface area contributed by atoms with Gasteiger partial charge in [-0.3, -0.25) is 0 Å². The molecule has 0 spiro atoms. The molecule has 4 rings (SSSR count). The summed E-state index contributed by atoms with van der Waals surface area (Å²) < 4.78 is 9.85. The Morgan fingerprint density at radius 2 is 1.83 bits per heavy atom. The van der Waals surface area contributed by atoms with E-state index >= 15 is 0 Å². The van der Waals surface area contributed by atoms with Crippen LogP contribution >= 0.6 is 0 Å². The summed E-state index contributed by atoms with van der Waals surface area (Å²) >= 11 is 0. The van der Waals surface area contributed by atoms with E-state index in [0.29, 0.717) is 11.4 Å². The van der Waals surface area contributed by atoms with Crippen LogP contribution in [0.4, 0.5) is 0 Å². The molecule has 0 unspecified atom stereocenters. The number of hydrogen-bond donors (Lipinski definition) is 1. The van der Waals surface area contributed by atoms with Gasteiger partial charge in [-0.2, -0.15) is 14.5 Å². The highest BCUT2D eigenvalue weighted by Gasteiger charge is 2.12. The lowest BCUT2D eigenvalue weighted by Crippen LogP contribution is -2.23. The lowest BCUT2D eigenvalue weighted by molar-refractivity contribution is 0.303. The fourth-order valence-electron chi connectivity index (χ4n) is 3.03. The van der Waals surface area contributed by atoms with E-state index in [-0.39, 0.29) is 18.2 Å². The van der Waals surface area contributed by atoms with Gasteiger partial charge in [-0.05, 0) is 47.2 Å². The number of nitrogens with zero attached hydrogens (tertiary/aromatic N) is 6. The normalized spacial score (nSPS) is 11.0. The standard InChI is InChI=1S/C20H20N6O3/c1-13-10-14(16-11-19(27)24(2)21-16)8-9-18(13)29-12-15-6-4-5-7-17(15)26-20(28)25(3)22-23-26/h4-11,27H,12H2,1-3H3. The maximum atomic E-state index is 12.2. The number of benzene rings is 2. The summed E-state index contributed by atoms with van der Waals surface area (Å²) in [6, 6.07) is 14.7. The Morgan fingerprint density at radius 1 is 1.03 bits per heavy atom. The number of aromatic nitrogens is 6. The first kappa shape index (κ1) is 18.5. The first-order chi connectivity index (χ1) is 13.9. The van der Waals surface area contributed by atoms with Crippen LogP contribution in [0.5, 0.6) is 11.6 Å². The smallest absolute Gasteiger partial charge is 0.368 e. The zero-order valence-corrected chi connectivity index (χ0v) is 16.3. The van der Waals surface area contributed by atoms with Crippen molar-refractivity contribution in [2.24, 2.45) is 14.1 Å². The number of hydrogen-bond acceptors (Lipinski definition) is 6. The Balaban J connectivity index is 1.57. The second kappa shape index (κ2) is 7.27. The molecule has 0 saturated carbocycles. The lowest BCUT2D eigenvalue weighted by Gasteiger charge is -2.12. The van der Waals surface area contributed by atoms with E-state index in [1.807, 2.05) is 43.3 Å². The minimum atomic E-state index is -0.323. The van der Waals surface area contributed by atoms with Crippen LogP contribution in [-0.2, 0) is 20.7 Å². The zero-order chi connectivity index (χ0) is 20.5. The summed E-state index contributed by atoms with van der Waals surface area (Å²) in [5.41, 5.74) is 3.62. The Bertz CT molecular complexity index is 1220. The molecular weight excluding hydrogens is 372 g/mol. The van der Waals surface area contributed by atoms with Crippen molar-refractivity contribution in [3.63, 3.8) is 0 Å². The molecule has 2 aromatic carbocycles. The van der Waals surface area contributed by atoms with Gasteiger partial charge in [-0.15, -0.1) is 0 Å². The second-order valence-electron chi connectivity index (χ2n) is 6.71. The van der Waals surface area contributed by atoms with E-state index in [1.54, 1.807) is 26.2 Å². The molecule has 29 heavy (non-hydrogen) atoms. The minimum Gasteiger partial charge on any atom is -0.493 e. The van der Waals surface area contributed by atoms with Gasteiger partial charge < -0.3 is 9.84 Å². The lowest BCUT2D eigenvalue weighted by atomic mass is 10.1. The third kappa shape index (κ3) is 3.49. The summed E-state index contributed by atoms with van der Waals surface area (Å²) in [6.45, 7) is 2.21. The topological polar surface area (TPSA) is 100.0 Å². The second-order valence-corrected chi connectivity index (χ2v) is 6.71. The molecule has 2 heterocycles. The molecule has 148 valence electrons. The van der Waals surface area contributed by atoms with Gasteiger partial charge in [-0.25, -0.2) is 9.48 Å². The van der Waals surface area contributed by atoms with Crippen molar-refractivity contribution in [1.29, 1.82) is 0 Å². The van der Waals surface area contributed by atoms with Crippen LogP contribution in [0.3, 0.4) is 0 Å². The Kier molecular flexibility index (Phi) is 4.63. The largest absolute Gasteiger partial charge is 0.493 e. The summed E-state index contributed by atoms with van der Waals surface area (Å²) in [6.07, 6.45) is 0. The molecule has 0 fully saturated rings. The molecule has 9 heteroatoms. The highest BCUT2D eigenvalue weighted by molar-refractivity contribution is 5.62. The van der Waals surface area contributed by atoms with Crippen LogP contribution in [0, 0.1) is 6.92 Å². The molecule has 9 nitrogen and oxygen atoms in total. The summed E-state index contributed by atoms with van der Waals surface area (Å²) in [4.78, 5) is 12.2. The summed E-state index contributed by atoms with van der Waals surface area (Å²) in [5, 5.41) is 21.7. The number of rotatable bonds is 5. The highest BCUT2D eigenvalue weighted by Crippen LogP contribution is 2.28. The van der Waals surface area contributed by atoms with Gasteiger partial charge >= 0.3 is 5.69 Å². The molecule has 0 bridgehead atoms. The molecule has 0 aliphatic heterocycles. The average Bonchev–Trinajstić information content (AvgIpc) is 3.22. The maximum absolute atomic E-state index is 12.2. The number of aromatic hydroxyl groups is 1. The highest BCUT2D eigenvalue weighted by atomic mass is 16.5. The van der Waals surface area contributed by atoms with E-state index in [2.05, 4.69) is 15.5 Å². The van der Waals surface area contributed by atoms with Crippen LogP contribution < -0.4 is 10.4 Å². The first-order valence-electron chi connectivity index (χ1n) is 8.98. The molecule has 4 aromatic rings. The molecule has 0 amide bonds. The van der Waals surface area contributed by atoms with E-state index < -0.39 is 0 Å². The van der Waals surface area contributed by atoms with Gasteiger partial charge in [0.1, 0.15) is 12.4 Å². The van der Waals surface area contributed by atoms with Crippen LogP contribution in [0.1, 0.15) is 11.1 Å². The Labute approximate surface area is 166 Å². The zero-order valence-electron chi connectivity index (χ0n) is 16.3. The van der Waals surface area contributed by atoms with Gasteiger partial charge in [0, 0.05) is 31.3 Å². The van der Waals surface area contributed by atoms with Crippen molar-refractivity contribution in [2.45, 2.75) is 13.5 Å². The number of para-hydroxylation sites is 1. The quantitative estimate of drug-likeness (QED) is 0.557. The van der Waals surface area contributed by atoms with Gasteiger partial charge in [0.15, 0.2) is 0 Å². The predicted molar refractivity (Wildman–Crippen MR) is 106 cm³/mol. The SMILES string of the molecule is Cc1cc(-c2cc(O)n(C)n2)ccc1OCc1ccccc1-n1nnn(C)c1=O. The van der Waals surface area contributed by atoms with E-state index in [9.17, 15) is 9.90 Å². The van der Waals surface area contributed by atoms with Crippen LogP contribution in [0.15, 0.2) is 53.3 Å². The summed E-state index contributed by atoms with van der Waals surface area (Å²) in [5.74, 6) is 0.823. The van der Waals surface area contributed by atoms with E-state index in [4.69, 9.17) is 4.74 Å². The van der Waals surface area contributed by atoms with E-state index in [0.717, 1.165) is 22.4 Å². The fourth-order valence-corrected chi connectivity index (χ4v) is 3.03. The Morgan fingerprint density at radius 3 is 2.48 bits per heavy atom. The van der Waals surface area contributed by atoms with Gasteiger partial charge in [0.2, 0.25) is 5.88 Å². The van der Waals surface area contributed by atoms with E-state index in [1.165, 1.54) is 14.0 Å². The molecule has 0 radical (unpaired) electrons. The van der Waals surface area contributed by atoms with Crippen LogP contribution in [0.25, 0.3) is 16.9 Å². The summed E-state index contributed by atoms with van der Waals surface area (Å²) in [7, 11) is 3.24. The monoisotopic (exact) mass is 392 g/mol. The van der Waals surface area contributed by atoms with Crippen molar-refractivity contribution in [1.82, 2.24) is 29.6 Å². The molecular formula is C20H20N6O3. The minimum absolute atomic E-state index is 0.105. The molecule has 0 aliphatic rings. The third-order valence-corrected chi connectivity index (χ3v) is 4.65. The predicted octanol–water partition coefficient (Wildman–Crippen LogP) is 1.96. The van der Waals surface area contributed by atoms with Crippen molar-refractivity contribution < 1.29 is 9.84 Å². The Hall–Kier alpha value is -3.88. The van der Waals surface area contributed by atoms with Crippen LogP contribution in [0.2, 0.25) is 0 Å². The van der Waals surface area contributed by atoms with Gasteiger partial charge in [-0.1, -0.05) is 18.2 Å². The molecule has 0 aliphatic carbocycles. The molecule has 2 aromatic heterocycles. The number of ether oxygens (including phenoxy) is 1. The first-order valence-corrected chi connectivity index (χ1v) is 8.98. The third-order valence-electron chi connectivity index (χ3n) is 4.65. The molecule has 1 N–H and O–H groups in total. The van der Waals surface area contributed by atoms with Crippen molar-refractivity contribution >= 4 is 0 Å². The number of aryl methyl sites for hydroxylation is 3. The average molecular weight is 392 g/mol. The van der Waals surface area contributed by atoms with Crippen molar-refractivity contribution in [3.8, 4) is 28.6 Å². The van der Waals surface area contributed by atoms with Crippen molar-refractivity contribution in [3.05, 3.63) is 70.1 Å². The van der Waals surface area contributed by atoms with Gasteiger partial charge in [0.25, 0.3) is 0 Å². The van der Waals surface area contributed by atoms with Crippen LogP contribution in [-0.4, -0.2) is 34.7 Å². The number of tetrazole rings is 1. The van der Waals surface area contributed by atoms with Crippen molar-refractivity contribution in [2.75, 3.05) is 0 Å². The molecule has 0 saturated heterocycles. The molecule has 0 atom stereocenters. The van der Waals surface area contributed by atoms with Gasteiger partial charge in [0.05, 0.1) is 11.4 Å².